The van der Waals surface area contributed by atoms with Gasteiger partial charge in [0.1, 0.15) is 5.82 Å². The van der Waals surface area contributed by atoms with Crippen molar-refractivity contribution in [2.75, 3.05) is 6.54 Å². The lowest BCUT2D eigenvalue weighted by Gasteiger charge is -2.16. The molecule has 0 aliphatic carbocycles. The summed E-state index contributed by atoms with van der Waals surface area (Å²) in [5, 5.41) is 7.00. The minimum atomic E-state index is -0.200. The van der Waals surface area contributed by atoms with Crippen LogP contribution < -0.4 is 10.6 Å². The Bertz CT molecular complexity index is 351. The van der Waals surface area contributed by atoms with E-state index in [1.54, 1.807) is 12.1 Å². The van der Waals surface area contributed by atoms with Gasteiger partial charge in [-0.15, -0.1) is 0 Å². The average molecular weight is 254 g/mol. The van der Waals surface area contributed by atoms with Crippen LogP contribution in [0.2, 0.25) is 0 Å². The highest BCUT2D eigenvalue weighted by Gasteiger charge is 2.05. The molecule has 1 rings (SSSR count). The molecule has 0 fully saturated rings. The van der Waals surface area contributed by atoms with Gasteiger partial charge >= 0.3 is 0 Å². The third-order valence-electron chi connectivity index (χ3n) is 2.37. The van der Waals surface area contributed by atoms with Crippen molar-refractivity contribution in [2.45, 2.75) is 32.7 Å². The summed E-state index contributed by atoms with van der Waals surface area (Å²) >= 11 is 5.15. The molecule has 4 heteroatoms. The standard InChI is InChI=1S/C13H19FN2S/c1-3-8-15-13(17)16-10(2)9-11-4-6-12(14)7-5-11/h4-7,10H,3,8-9H2,1-2H3,(H2,15,16,17). The van der Waals surface area contributed by atoms with Crippen LogP contribution in [0.3, 0.4) is 0 Å². The third-order valence-corrected chi connectivity index (χ3v) is 2.63. The van der Waals surface area contributed by atoms with Gasteiger partial charge in [0.25, 0.3) is 0 Å². The van der Waals surface area contributed by atoms with Crippen LogP contribution in [0.25, 0.3) is 0 Å². The van der Waals surface area contributed by atoms with Crippen molar-refractivity contribution >= 4 is 17.3 Å². The Labute approximate surface area is 108 Å². The topological polar surface area (TPSA) is 24.1 Å². The Morgan fingerprint density at radius 2 is 2.00 bits per heavy atom. The minimum Gasteiger partial charge on any atom is -0.363 e. The van der Waals surface area contributed by atoms with Crippen molar-refractivity contribution in [1.82, 2.24) is 10.6 Å². The number of thiocarbonyl (C=S) groups is 1. The number of hydrogen-bond donors (Lipinski definition) is 2. The predicted octanol–water partition coefficient (Wildman–Crippen LogP) is 2.63. The fraction of sp³-hybridized carbons (Fsp3) is 0.462. The van der Waals surface area contributed by atoms with Crippen LogP contribution in [0.4, 0.5) is 4.39 Å². The molecule has 0 aliphatic heterocycles. The quantitative estimate of drug-likeness (QED) is 0.790. The number of hydrogen-bond acceptors (Lipinski definition) is 1. The number of nitrogens with one attached hydrogen (secondary N) is 2. The average Bonchev–Trinajstić information content (AvgIpc) is 2.29. The molecule has 1 atom stereocenters. The van der Waals surface area contributed by atoms with E-state index in [0.29, 0.717) is 5.11 Å². The number of halogens is 1. The maximum Gasteiger partial charge on any atom is 0.166 e. The molecule has 1 aromatic carbocycles. The van der Waals surface area contributed by atoms with Crippen LogP contribution in [-0.4, -0.2) is 17.7 Å². The van der Waals surface area contributed by atoms with Gasteiger partial charge in [-0.05, 0) is 49.7 Å². The zero-order valence-corrected chi connectivity index (χ0v) is 11.1. The highest BCUT2D eigenvalue weighted by atomic mass is 32.1. The van der Waals surface area contributed by atoms with E-state index in [2.05, 4.69) is 24.5 Å². The summed E-state index contributed by atoms with van der Waals surface area (Å²) in [6.45, 7) is 5.04. The molecule has 94 valence electrons. The SMILES string of the molecule is CCCNC(=S)NC(C)Cc1ccc(F)cc1. The molecule has 1 aromatic rings. The van der Waals surface area contributed by atoms with Gasteiger partial charge in [0.2, 0.25) is 0 Å². The van der Waals surface area contributed by atoms with E-state index in [0.717, 1.165) is 24.9 Å². The first-order valence-corrected chi connectivity index (χ1v) is 6.31. The van der Waals surface area contributed by atoms with E-state index in [1.165, 1.54) is 12.1 Å². The Kier molecular flexibility index (Phi) is 5.91. The molecule has 1 unspecified atom stereocenters. The zero-order valence-electron chi connectivity index (χ0n) is 10.3. The van der Waals surface area contributed by atoms with Gasteiger partial charge in [-0.25, -0.2) is 4.39 Å². The van der Waals surface area contributed by atoms with Gasteiger partial charge in [-0.3, -0.25) is 0 Å². The van der Waals surface area contributed by atoms with E-state index in [4.69, 9.17) is 12.2 Å². The maximum atomic E-state index is 12.7. The highest BCUT2D eigenvalue weighted by Crippen LogP contribution is 2.05. The lowest BCUT2D eigenvalue weighted by molar-refractivity contribution is 0.622. The maximum absolute atomic E-state index is 12.7. The summed E-state index contributed by atoms with van der Waals surface area (Å²) in [4.78, 5) is 0. The molecule has 0 saturated heterocycles. The van der Waals surface area contributed by atoms with Gasteiger partial charge in [0, 0.05) is 12.6 Å². The second-order valence-electron chi connectivity index (χ2n) is 4.13. The second-order valence-corrected chi connectivity index (χ2v) is 4.54. The van der Waals surface area contributed by atoms with Crippen molar-refractivity contribution in [3.8, 4) is 0 Å². The van der Waals surface area contributed by atoms with Gasteiger partial charge < -0.3 is 10.6 Å². The van der Waals surface area contributed by atoms with Gasteiger partial charge in [-0.1, -0.05) is 19.1 Å². The van der Waals surface area contributed by atoms with Crippen molar-refractivity contribution < 1.29 is 4.39 Å². The van der Waals surface area contributed by atoms with Crippen molar-refractivity contribution in [3.05, 3.63) is 35.6 Å². The molecular formula is C13H19FN2S. The number of rotatable bonds is 5. The fourth-order valence-corrected chi connectivity index (χ4v) is 1.84. The summed E-state index contributed by atoms with van der Waals surface area (Å²) in [7, 11) is 0. The molecule has 0 spiro atoms. The first kappa shape index (κ1) is 13.9. The third kappa shape index (κ3) is 5.63. The molecule has 17 heavy (non-hydrogen) atoms. The molecule has 0 aliphatic rings. The minimum absolute atomic E-state index is 0.200. The van der Waals surface area contributed by atoms with E-state index in [-0.39, 0.29) is 11.9 Å². The zero-order chi connectivity index (χ0) is 12.7. The van der Waals surface area contributed by atoms with Crippen LogP contribution in [-0.2, 0) is 6.42 Å². The van der Waals surface area contributed by atoms with E-state index < -0.39 is 0 Å². The molecule has 2 nitrogen and oxygen atoms in total. The highest BCUT2D eigenvalue weighted by molar-refractivity contribution is 7.80. The van der Waals surface area contributed by atoms with E-state index >= 15 is 0 Å². The van der Waals surface area contributed by atoms with Crippen molar-refractivity contribution in [1.29, 1.82) is 0 Å². The summed E-state index contributed by atoms with van der Waals surface area (Å²) < 4.78 is 12.7. The first-order chi connectivity index (χ1) is 8.11. The van der Waals surface area contributed by atoms with E-state index in [9.17, 15) is 4.39 Å². The van der Waals surface area contributed by atoms with Gasteiger partial charge in [0.15, 0.2) is 5.11 Å². The molecule has 0 aromatic heterocycles. The summed E-state index contributed by atoms with van der Waals surface area (Å²) in [5.74, 6) is -0.200. The van der Waals surface area contributed by atoms with E-state index in [1.807, 2.05) is 0 Å². The summed E-state index contributed by atoms with van der Waals surface area (Å²) in [5.41, 5.74) is 1.10. The van der Waals surface area contributed by atoms with Crippen molar-refractivity contribution in [3.63, 3.8) is 0 Å². The Morgan fingerprint density at radius 1 is 1.35 bits per heavy atom. The Morgan fingerprint density at radius 3 is 2.59 bits per heavy atom. The Hall–Kier alpha value is -1.16. The molecular weight excluding hydrogens is 235 g/mol. The first-order valence-electron chi connectivity index (χ1n) is 5.90. The molecule has 0 radical (unpaired) electrons. The van der Waals surface area contributed by atoms with Crippen LogP contribution in [0, 0.1) is 5.82 Å². The Balaban J connectivity index is 2.36. The molecule has 0 bridgehead atoms. The molecule has 0 amide bonds. The largest absolute Gasteiger partial charge is 0.363 e. The lowest BCUT2D eigenvalue weighted by atomic mass is 10.1. The monoisotopic (exact) mass is 254 g/mol. The smallest absolute Gasteiger partial charge is 0.166 e. The van der Waals surface area contributed by atoms with Gasteiger partial charge in [-0.2, -0.15) is 0 Å². The molecule has 0 saturated carbocycles. The summed E-state index contributed by atoms with van der Waals surface area (Å²) in [6, 6.07) is 6.80. The van der Waals surface area contributed by atoms with Gasteiger partial charge in [0.05, 0.1) is 0 Å². The van der Waals surface area contributed by atoms with Crippen LogP contribution in [0.15, 0.2) is 24.3 Å². The van der Waals surface area contributed by atoms with Crippen LogP contribution in [0.5, 0.6) is 0 Å². The number of benzene rings is 1. The van der Waals surface area contributed by atoms with Crippen LogP contribution >= 0.6 is 12.2 Å². The normalized spacial score (nSPS) is 11.9. The predicted molar refractivity (Wildman–Crippen MR) is 73.6 cm³/mol. The second kappa shape index (κ2) is 7.22. The molecule has 2 N–H and O–H groups in total. The lowest BCUT2D eigenvalue weighted by Crippen LogP contribution is -2.41. The summed E-state index contributed by atoms with van der Waals surface area (Å²) in [6.07, 6.45) is 1.88. The molecule has 0 heterocycles. The van der Waals surface area contributed by atoms with Crippen LogP contribution in [0.1, 0.15) is 25.8 Å². The fourth-order valence-electron chi connectivity index (χ4n) is 1.54. The van der Waals surface area contributed by atoms with Crippen molar-refractivity contribution in [2.24, 2.45) is 0 Å².